The van der Waals surface area contributed by atoms with Crippen molar-refractivity contribution in [2.45, 2.75) is 56.9 Å². The summed E-state index contributed by atoms with van der Waals surface area (Å²) in [5, 5.41) is 3.17. The molecule has 0 spiro atoms. The van der Waals surface area contributed by atoms with E-state index >= 15 is 0 Å². The van der Waals surface area contributed by atoms with Crippen molar-refractivity contribution in [3.05, 3.63) is 71.8 Å². The van der Waals surface area contributed by atoms with E-state index in [9.17, 15) is 9.59 Å². The molecule has 2 aromatic carbocycles. The van der Waals surface area contributed by atoms with Gasteiger partial charge in [-0.25, -0.2) is 0 Å². The normalized spacial score (nSPS) is 20.0. The van der Waals surface area contributed by atoms with Crippen LogP contribution in [0.2, 0.25) is 0 Å². The Bertz CT molecular complexity index is 791. The van der Waals surface area contributed by atoms with Gasteiger partial charge >= 0.3 is 0 Å². The summed E-state index contributed by atoms with van der Waals surface area (Å²) in [5.74, 6) is 0.523. The molecule has 0 bridgehead atoms. The molecule has 0 aromatic heterocycles. The number of nitrogens with one attached hydrogen (secondary N) is 1. The maximum absolute atomic E-state index is 12.9. The van der Waals surface area contributed by atoms with Crippen molar-refractivity contribution in [3.8, 4) is 0 Å². The number of hydrogen-bond donors (Lipinski definition) is 1. The van der Waals surface area contributed by atoms with Gasteiger partial charge in [0.05, 0.1) is 5.92 Å². The lowest BCUT2D eigenvalue weighted by Crippen LogP contribution is -2.49. The van der Waals surface area contributed by atoms with Gasteiger partial charge in [0.1, 0.15) is 0 Å². The molecule has 4 nitrogen and oxygen atoms in total. The van der Waals surface area contributed by atoms with Gasteiger partial charge in [-0.1, -0.05) is 73.5 Å². The third-order valence-corrected chi connectivity index (χ3v) is 6.72. The van der Waals surface area contributed by atoms with Crippen LogP contribution < -0.4 is 5.32 Å². The van der Waals surface area contributed by atoms with Crippen molar-refractivity contribution in [3.63, 3.8) is 0 Å². The minimum absolute atomic E-state index is 0.0739. The van der Waals surface area contributed by atoms with Crippen LogP contribution >= 0.6 is 0 Å². The van der Waals surface area contributed by atoms with Gasteiger partial charge in [0.25, 0.3) is 0 Å². The molecule has 30 heavy (non-hydrogen) atoms. The van der Waals surface area contributed by atoms with Crippen LogP contribution in [0.4, 0.5) is 0 Å². The average molecular weight is 405 g/mol. The first-order valence-corrected chi connectivity index (χ1v) is 11.4. The summed E-state index contributed by atoms with van der Waals surface area (Å²) in [6.07, 6.45) is 6.63. The van der Waals surface area contributed by atoms with Gasteiger partial charge in [0.15, 0.2) is 0 Å². The number of hydrogen-bond acceptors (Lipinski definition) is 2. The van der Waals surface area contributed by atoms with E-state index < -0.39 is 0 Å². The minimum Gasteiger partial charge on any atom is -0.356 e. The van der Waals surface area contributed by atoms with Gasteiger partial charge in [-0.05, 0) is 36.8 Å². The Kier molecular flexibility index (Phi) is 6.83. The van der Waals surface area contributed by atoms with Crippen LogP contribution in [-0.4, -0.2) is 35.8 Å². The van der Waals surface area contributed by atoms with E-state index in [1.54, 1.807) is 0 Å². The van der Waals surface area contributed by atoms with Crippen LogP contribution in [0.25, 0.3) is 0 Å². The predicted octanol–water partition coefficient (Wildman–Crippen LogP) is 4.51. The van der Waals surface area contributed by atoms with Crippen molar-refractivity contribution in [2.24, 2.45) is 5.92 Å². The smallest absolute Gasteiger partial charge is 0.224 e. The van der Waals surface area contributed by atoms with Crippen LogP contribution in [0.15, 0.2) is 60.7 Å². The monoisotopic (exact) mass is 404 g/mol. The highest BCUT2D eigenvalue weighted by atomic mass is 16.2. The summed E-state index contributed by atoms with van der Waals surface area (Å²) >= 11 is 0. The van der Waals surface area contributed by atoms with Crippen LogP contribution in [0.5, 0.6) is 0 Å². The SMILES string of the molecule is O=C(NCCC(c1ccccc1)c1ccccc1)C1CCC(=O)N(C2CCCC2)C1. The van der Waals surface area contributed by atoms with E-state index in [0.29, 0.717) is 32.0 Å². The second-order valence-electron chi connectivity index (χ2n) is 8.67. The first-order valence-electron chi connectivity index (χ1n) is 11.4. The van der Waals surface area contributed by atoms with Gasteiger partial charge < -0.3 is 10.2 Å². The largest absolute Gasteiger partial charge is 0.356 e. The van der Waals surface area contributed by atoms with Gasteiger partial charge in [-0.2, -0.15) is 0 Å². The molecule has 1 heterocycles. The molecule has 0 radical (unpaired) electrons. The molecule has 4 rings (SSSR count). The lowest BCUT2D eigenvalue weighted by molar-refractivity contribution is -0.140. The highest BCUT2D eigenvalue weighted by Gasteiger charge is 2.35. The van der Waals surface area contributed by atoms with Gasteiger partial charge in [0, 0.05) is 31.5 Å². The number of nitrogens with zero attached hydrogens (tertiary/aromatic N) is 1. The molecule has 1 aliphatic heterocycles. The van der Waals surface area contributed by atoms with E-state index in [2.05, 4.69) is 53.8 Å². The fraction of sp³-hybridized carbons (Fsp3) is 0.462. The lowest BCUT2D eigenvalue weighted by atomic mass is 9.88. The third kappa shape index (κ3) is 4.92. The number of benzene rings is 2. The maximum atomic E-state index is 12.9. The molecule has 2 amide bonds. The molecular weight excluding hydrogens is 372 g/mol. The summed E-state index contributed by atoms with van der Waals surface area (Å²) in [4.78, 5) is 27.2. The first kappa shape index (κ1) is 20.6. The van der Waals surface area contributed by atoms with E-state index in [1.165, 1.54) is 24.0 Å². The Morgan fingerprint density at radius 2 is 1.53 bits per heavy atom. The molecule has 4 heteroatoms. The van der Waals surface area contributed by atoms with Crippen molar-refractivity contribution in [1.82, 2.24) is 10.2 Å². The summed E-state index contributed by atoms with van der Waals surface area (Å²) < 4.78 is 0. The lowest BCUT2D eigenvalue weighted by Gasteiger charge is -2.36. The van der Waals surface area contributed by atoms with Gasteiger partial charge in [0.2, 0.25) is 11.8 Å². The molecular formula is C26H32N2O2. The molecule has 2 aliphatic rings. The number of likely N-dealkylation sites (tertiary alicyclic amines) is 1. The zero-order valence-electron chi connectivity index (χ0n) is 17.6. The van der Waals surface area contributed by atoms with Crippen LogP contribution in [-0.2, 0) is 9.59 Å². The molecule has 2 aromatic rings. The van der Waals surface area contributed by atoms with Crippen molar-refractivity contribution < 1.29 is 9.59 Å². The van der Waals surface area contributed by atoms with Gasteiger partial charge in [-0.3, -0.25) is 9.59 Å². The molecule has 158 valence electrons. The van der Waals surface area contributed by atoms with Crippen LogP contribution in [0.1, 0.15) is 62.0 Å². The van der Waals surface area contributed by atoms with Crippen LogP contribution in [0.3, 0.4) is 0 Å². The molecule has 1 saturated heterocycles. The standard InChI is InChI=1S/C26H32N2O2/c29-25-16-15-22(19-28(25)23-13-7-8-14-23)26(30)27-18-17-24(20-9-3-1-4-10-20)21-11-5-2-6-12-21/h1-6,9-12,22-24H,7-8,13-19H2,(H,27,30). The fourth-order valence-electron chi connectivity index (χ4n) is 5.04. The summed E-state index contributed by atoms with van der Waals surface area (Å²) in [7, 11) is 0. The quantitative estimate of drug-likeness (QED) is 0.738. The molecule has 1 unspecified atom stereocenters. The zero-order chi connectivity index (χ0) is 20.8. The van der Waals surface area contributed by atoms with Crippen molar-refractivity contribution in [2.75, 3.05) is 13.1 Å². The van der Waals surface area contributed by atoms with E-state index in [-0.39, 0.29) is 23.7 Å². The molecule has 1 aliphatic carbocycles. The Morgan fingerprint density at radius 3 is 2.13 bits per heavy atom. The summed E-state index contributed by atoms with van der Waals surface area (Å²) in [5.41, 5.74) is 2.54. The Hall–Kier alpha value is -2.62. The number of piperidine rings is 1. The minimum atomic E-state index is -0.0739. The van der Waals surface area contributed by atoms with E-state index in [4.69, 9.17) is 0 Å². The van der Waals surface area contributed by atoms with Crippen molar-refractivity contribution >= 4 is 11.8 Å². The summed E-state index contributed by atoms with van der Waals surface area (Å²) in [6.45, 7) is 1.23. The molecule has 1 N–H and O–H groups in total. The molecule has 2 fully saturated rings. The Balaban J connectivity index is 1.35. The van der Waals surface area contributed by atoms with E-state index in [1.807, 2.05) is 17.0 Å². The zero-order valence-corrected chi connectivity index (χ0v) is 17.6. The molecule has 1 saturated carbocycles. The number of rotatable bonds is 7. The Labute approximate surface area is 179 Å². The second-order valence-corrected chi connectivity index (χ2v) is 8.67. The summed E-state index contributed by atoms with van der Waals surface area (Å²) in [6, 6.07) is 21.3. The maximum Gasteiger partial charge on any atom is 0.224 e. The second kappa shape index (κ2) is 9.92. The first-order chi connectivity index (χ1) is 14.7. The predicted molar refractivity (Wildman–Crippen MR) is 119 cm³/mol. The van der Waals surface area contributed by atoms with Crippen LogP contribution in [0, 0.1) is 5.92 Å². The third-order valence-electron chi connectivity index (χ3n) is 6.72. The average Bonchev–Trinajstić information content (AvgIpc) is 3.33. The highest BCUT2D eigenvalue weighted by molar-refractivity contribution is 5.84. The van der Waals surface area contributed by atoms with E-state index in [0.717, 1.165) is 19.3 Å². The topological polar surface area (TPSA) is 49.4 Å². The fourth-order valence-corrected chi connectivity index (χ4v) is 5.04. The number of carbonyl (C=O) groups is 2. The highest BCUT2D eigenvalue weighted by Crippen LogP contribution is 2.29. The van der Waals surface area contributed by atoms with Crippen molar-refractivity contribution in [1.29, 1.82) is 0 Å². The number of amides is 2. The Morgan fingerprint density at radius 1 is 0.933 bits per heavy atom. The number of carbonyl (C=O) groups excluding carboxylic acids is 2. The van der Waals surface area contributed by atoms with Gasteiger partial charge in [-0.15, -0.1) is 0 Å². The molecule has 1 atom stereocenters.